The first-order valence-electron chi connectivity index (χ1n) is 25.0. The molecule has 3 aliphatic rings. The van der Waals surface area contributed by atoms with E-state index in [0.29, 0.717) is 0 Å². The summed E-state index contributed by atoms with van der Waals surface area (Å²) >= 11 is 1.63. The van der Waals surface area contributed by atoms with E-state index in [1.807, 2.05) is 93.6 Å². The molecule has 0 N–H and O–H groups in total. The lowest BCUT2D eigenvalue weighted by Gasteiger charge is -2.49. The molecule has 0 bridgehead atoms. The molecule has 0 aliphatic carbocycles. The van der Waals surface area contributed by atoms with Crippen molar-refractivity contribution in [2.24, 2.45) is 0 Å². The van der Waals surface area contributed by atoms with Gasteiger partial charge in [-0.1, -0.05) is 211 Å². The summed E-state index contributed by atoms with van der Waals surface area (Å²) in [5.74, 6) is -0.906. The van der Waals surface area contributed by atoms with Crippen LogP contribution >= 0.6 is 11.8 Å². The number of hydrogen-bond donors (Lipinski definition) is 0. The van der Waals surface area contributed by atoms with E-state index in [4.69, 9.17) is 42.6 Å². The van der Waals surface area contributed by atoms with Crippen molar-refractivity contribution in [3.05, 3.63) is 245 Å². The topological polar surface area (TPSA) is 83.1 Å². The van der Waals surface area contributed by atoms with E-state index in [-0.39, 0.29) is 31.9 Å². The third kappa shape index (κ3) is 11.6. The van der Waals surface area contributed by atoms with Crippen LogP contribution in [0.5, 0.6) is 0 Å². The molecular formula is C62H64O9S. The van der Waals surface area contributed by atoms with Crippen molar-refractivity contribution in [1.82, 2.24) is 0 Å². The molecule has 0 saturated carbocycles. The van der Waals surface area contributed by atoms with Crippen molar-refractivity contribution in [1.29, 1.82) is 0 Å². The quantitative estimate of drug-likeness (QED) is 0.0731. The maximum Gasteiger partial charge on any atom is 0.187 e. The number of hydrogen-bond acceptors (Lipinski definition) is 10. The Kier molecular flexibility index (Phi) is 16.1. The van der Waals surface area contributed by atoms with E-state index in [1.54, 1.807) is 11.8 Å². The number of ether oxygens (including phenoxy) is 9. The van der Waals surface area contributed by atoms with Crippen LogP contribution in [0.1, 0.15) is 59.7 Å². The van der Waals surface area contributed by atoms with Gasteiger partial charge in [-0.25, -0.2) is 0 Å². The van der Waals surface area contributed by atoms with Crippen molar-refractivity contribution in [3.8, 4) is 0 Å². The van der Waals surface area contributed by atoms with Crippen LogP contribution in [0.15, 0.2) is 211 Å². The van der Waals surface area contributed by atoms with E-state index in [9.17, 15) is 0 Å². The molecule has 3 saturated heterocycles. The second-order valence-electron chi connectivity index (χ2n) is 19.2. The average molecular weight is 985 g/mol. The Morgan fingerprint density at radius 2 is 0.917 bits per heavy atom. The van der Waals surface area contributed by atoms with Gasteiger partial charge in [-0.05, 0) is 73.2 Å². The summed E-state index contributed by atoms with van der Waals surface area (Å²) < 4.78 is 64.3. The monoisotopic (exact) mass is 984 g/mol. The maximum atomic E-state index is 7.59. The summed E-state index contributed by atoms with van der Waals surface area (Å²) in [5.41, 5.74) is 5.65. The summed E-state index contributed by atoms with van der Waals surface area (Å²) in [7, 11) is 0. The van der Waals surface area contributed by atoms with Crippen LogP contribution in [0.25, 0.3) is 0 Å². The molecule has 3 fully saturated rings. The molecule has 3 aliphatic heterocycles. The molecular weight excluding hydrogens is 921 g/mol. The summed E-state index contributed by atoms with van der Waals surface area (Å²) in [4.78, 5) is 1.08. The van der Waals surface area contributed by atoms with Gasteiger partial charge in [0, 0.05) is 4.90 Å². The molecule has 7 aromatic rings. The van der Waals surface area contributed by atoms with Gasteiger partial charge in [0.1, 0.15) is 53.8 Å². The molecule has 3 heterocycles. The van der Waals surface area contributed by atoms with Crippen LogP contribution in [0.2, 0.25) is 0 Å². The zero-order valence-corrected chi connectivity index (χ0v) is 42.1. The SMILES string of the molecule is Cc1ccc(S[C@@H]2O[C@@H](C)[C@H](O[C@@H]3O[C@H](COC(c4ccccc4)(c4ccccc4)c4ccccc4)[C@@H](OCc4ccccc4)[C@H](OCc4ccccc4)[C@H]3OCc3ccccc3)[C@H]3OC(C)(C)O[C@H]32)cc1. The minimum atomic E-state index is -1.06. The van der Waals surface area contributed by atoms with Gasteiger partial charge >= 0.3 is 0 Å². The Balaban J connectivity index is 1.06. The fourth-order valence-electron chi connectivity index (χ4n) is 10.1. The highest BCUT2D eigenvalue weighted by Crippen LogP contribution is 2.46. The van der Waals surface area contributed by atoms with E-state index >= 15 is 0 Å². The minimum absolute atomic E-state index is 0.0687. The van der Waals surface area contributed by atoms with Crippen molar-refractivity contribution in [3.63, 3.8) is 0 Å². The van der Waals surface area contributed by atoms with Crippen LogP contribution in [0, 0.1) is 6.92 Å². The zero-order chi connectivity index (χ0) is 49.3. The van der Waals surface area contributed by atoms with Crippen LogP contribution < -0.4 is 0 Å². The first-order valence-corrected chi connectivity index (χ1v) is 25.9. The third-order valence-corrected chi connectivity index (χ3v) is 14.7. The molecule has 0 aromatic heterocycles. The summed E-state index contributed by atoms with van der Waals surface area (Å²) in [6.07, 6.45) is -6.12. The Hall–Kier alpha value is -5.47. The number of aryl methyl sites for hydroxylation is 1. The minimum Gasteiger partial charge on any atom is -0.368 e. The highest BCUT2D eigenvalue weighted by molar-refractivity contribution is 7.99. The molecule has 10 rings (SSSR count). The standard InChI is InChI=1S/C62H64O9S/c1-43-35-37-51(38-36-43)72-60-58-56(70-61(3,4)71-58)53(44(2)67-60)69-59-57(65-41-47-27-15-7-16-28-47)55(64-40-46-25-13-6-14-26-46)54(63-39-45-23-11-5-12-24-45)52(68-59)42-66-62(48-29-17-8-18-30-48,49-31-19-9-20-32-49)50-33-21-10-22-34-50/h5-38,44,52-60H,39-42H2,1-4H3/t44-,52+,53-,54+,55-,56+,57+,58+,59-,60-/m0/s1. The van der Waals surface area contributed by atoms with Crippen molar-refractivity contribution in [2.75, 3.05) is 6.61 Å². The van der Waals surface area contributed by atoms with E-state index < -0.39 is 66.5 Å². The Labute approximate surface area is 428 Å². The van der Waals surface area contributed by atoms with Crippen LogP contribution in [-0.4, -0.2) is 73.0 Å². The molecule has 372 valence electrons. The molecule has 0 unspecified atom stereocenters. The largest absolute Gasteiger partial charge is 0.368 e. The fourth-order valence-corrected chi connectivity index (χ4v) is 11.2. The van der Waals surface area contributed by atoms with Gasteiger partial charge in [0.2, 0.25) is 0 Å². The number of fused-ring (bicyclic) bond motifs is 1. The summed E-state index contributed by atoms with van der Waals surface area (Å²) in [6, 6.07) is 70.0. The molecule has 0 radical (unpaired) electrons. The Bertz CT molecular complexity index is 2620. The third-order valence-electron chi connectivity index (χ3n) is 13.6. The zero-order valence-electron chi connectivity index (χ0n) is 41.3. The molecule has 10 heteroatoms. The Morgan fingerprint density at radius 1 is 0.486 bits per heavy atom. The molecule has 0 spiro atoms. The normalized spacial score (nSPS) is 25.9. The number of benzene rings is 7. The summed E-state index contributed by atoms with van der Waals surface area (Å²) in [6.45, 7) is 8.90. The average Bonchev–Trinajstić information content (AvgIpc) is 3.76. The predicted octanol–water partition coefficient (Wildman–Crippen LogP) is 12.2. The lowest BCUT2D eigenvalue weighted by Crippen LogP contribution is -2.64. The van der Waals surface area contributed by atoms with Crippen molar-refractivity contribution in [2.45, 2.75) is 124 Å². The van der Waals surface area contributed by atoms with Gasteiger partial charge in [-0.15, -0.1) is 0 Å². The molecule has 10 atom stereocenters. The van der Waals surface area contributed by atoms with Crippen LogP contribution in [0.3, 0.4) is 0 Å². The first kappa shape index (κ1) is 50.1. The lowest BCUT2D eigenvalue weighted by molar-refractivity contribution is -0.352. The second kappa shape index (κ2) is 23.2. The number of thioether (sulfide) groups is 1. The summed E-state index contributed by atoms with van der Waals surface area (Å²) in [5, 5.41) is 0. The maximum absolute atomic E-state index is 7.59. The van der Waals surface area contributed by atoms with E-state index in [2.05, 4.69) is 140 Å². The van der Waals surface area contributed by atoms with Gasteiger partial charge in [-0.3, -0.25) is 0 Å². The molecule has 72 heavy (non-hydrogen) atoms. The predicted molar refractivity (Wildman–Crippen MR) is 279 cm³/mol. The molecule has 0 amide bonds. The van der Waals surface area contributed by atoms with Crippen molar-refractivity contribution >= 4 is 11.8 Å². The number of rotatable bonds is 19. The molecule has 7 aromatic carbocycles. The van der Waals surface area contributed by atoms with E-state index in [1.165, 1.54) is 5.56 Å². The van der Waals surface area contributed by atoms with Crippen molar-refractivity contribution < 1.29 is 42.6 Å². The first-order chi connectivity index (χ1) is 35.2. The van der Waals surface area contributed by atoms with Crippen LogP contribution in [-0.2, 0) is 68.1 Å². The molecule has 9 nitrogen and oxygen atoms in total. The highest BCUT2D eigenvalue weighted by Gasteiger charge is 2.58. The van der Waals surface area contributed by atoms with Gasteiger partial charge in [0.25, 0.3) is 0 Å². The fraction of sp³-hybridized carbons (Fsp3) is 0.323. The Morgan fingerprint density at radius 3 is 1.40 bits per heavy atom. The van der Waals surface area contributed by atoms with Gasteiger partial charge in [-0.2, -0.15) is 0 Å². The van der Waals surface area contributed by atoms with Gasteiger partial charge < -0.3 is 42.6 Å². The van der Waals surface area contributed by atoms with Gasteiger partial charge in [0.15, 0.2) is 12.1 Å². The highest BCUT2D eigenvalue weighted by atomic mass is 32.2. The second-order valence-corrected chi connectivity index (χ2v) is 20.4. The van der Waals surface area contributed by atoms with Crippen LogP contribution in [0.4, 0.5) is 0 Å². The lowest BCUT2D eigenvalue weighted by atomic mass is 9.80. The smallest absolute Gasteiger partial charge is 0.187 e. The van der Waals surface area contributed by atoms with Gasteiger partial charge in [0.05, 0.1) is 32.5 Å². The van der Waals surface area contributed by atoms with E-state index in [0.717, 1.165) is 38.3 Å².